The van der Waals surface area contributed by atoms with Crippen LogP contribution in [0.25, 0.3) is 0 Å². The first-order chi connectivity index (χ1) is 8.81. The maximum Gasteiger partial charge on any atom is 0.164 e. The molecule has 0 aliphatic heterocycles. The lowest BCUT2D eigenvalue weighted by molar-refractivity contribution is 0.408. The molecule has 18 heavy (non-hydrogen) atoms. The molecule has 4 nitrogen and oxygen atoms in total. The lowest BCUT2D eigenvalue weighted by Gasteiger charge is -2.06. The van der Waals surface area contributed by atoms with Crippen molar-refractivity contribution in [2.24, 2.45) is 0 Å². The molecule has 1 aromatic heterocycles. The molecular weight excluding hydrogens is 252 g/mol. The summed E-state index contributed by atoms with van der Waals surface area (Å²) < 4.78 is 10.7. The Bertz CT molecular complexity index is 503. The van der Waals surface area contributed by atoms with Crippen molar-refractivity contribution in [3.05, 3.63) is 42.5 Å². The van der Waals surface area contributed by atoms with E-state index < -0.39 is 0 Å². The standard InChI is InChI=1S/C13H13ClN2O2/c1-17-10-3-2-4-11(7-10)18-12-8-15-13(5-6-14)16-9-12/h2-4,7-9H,5-6H2,1H3. The molecule has 0 radical (unpaired) electrons. The molecule has 0 unspecified atom stereocenters. The molecule has 1 heterocycles. The zero-order valence-corrected chi connectivity index (χ0v) is 10.7. The Labute approximate surface area is 111 Å². The van der Waals surface area contributed by atoms with Crippen LogP contribution in [0, 0.1) is 0 Å². The van der Waals surface area contributed by atoms with Crippen LogP contribution in [-0.2, 0) is 6.42 Å². The number of aryl methyl sites for hydroxylation is 1. The van der Waals surface area contributed by atoms with Gasteiger partial charge in [0.2, 0.25) is 0 Å². The van der Waals surface area contributed by atoms with Gasteiger partial charge in [-0.25, -0.2) is 9.97 Å². The summed E-state index contributed by atoms with van der Waals surface area (Å²) in [6.45, 7) is 0. The first kappa shape index (κ1) is 12.6. The second-order valence-corrected chi connectivity index (χ2v) is 3.93. The van der Waals surface area contributed by atoms with E-state index in [1.165, 1.54) is 0 Å². The molecule has 0 N–H and O–H groups in total. The lowest BCUT2D eigenvalue weighted by atomic mass is 10.3. The Balaban J connectivity index is 2.08. The number of hydrogen-bond acceptors (Lipinski definition) is 4. The van der Waals surface area contributed by atoms with E-state index in [4.69, 9.17) is 21.1 Å². The molecule has 0 saturated heterocycles. The fraction of sp³-hybridized carbons (Fsp3) is 0.231. The number of nitrogens with zero attached hydrogens (tertiary/aromatic N) is 2. The highest BCUT2D eigenvalue weighted by atomic mass is 35.5. The first-order valence-corrected chi connectivity index (χ1v) is 6.04. The predicted molar refractivity (Wildman–Crippen MR) is 69.5 cm³/mol. The van der Waals surface area contributed by atoms with Crippen molar-refractivity contribution in [1.82, 2.24) is 9.97 Å². The normalized spacial score (nSPS) is 10.1. The van der Waals surface area contributed by atoms with Gasteiger partial charge in [-0.3, -0.25) is 0 Å². The maximum absolute atomic E-state index is 5.62. The second-order valence-electron chi connectivity index (χ2n) is 3.56. The lowest BCUT2D eigenvalue weighted by Crippen LogP contribution is -1.96. The molecule has 0 aliphatic rings. The predicted octanol–water partition coefficient (Wildman–Crippen LogP) is 3.06. The number of halogens is 1. The summed E-state index contributed by atoms with van der Waals surface area (Å²) in [4.78, 5) is 8.31. The molecule has 2 rings (SSSR count). The van der Waals surface area contributed by atoms with Gasteiger partial charge < -0.3 is 9.47 Å². The number of alkyl halides is 1. The van der Waals surface area contributed by atoms with E-state index in [9.17, 15) is 0 Å². The summed E-state index contributed by atoms with van der Waals surface area (Å²) in [6, 6.07) is 7.35. The molecule has 1 aromatic carbocycles. The molecule has 0 bridgehead atoms. The van der Waals surface area contributed by atoms with Crippen LogP contribution in [0.15, 0.2) is 36.7 Å². The Morgan fingerprint density at radius 2 is 1.83 bits per heavy atom. The van der Waals surface area contributed by atoms with E-state index in [1.807, 2.05) is 18.2 Å². The Morgan fingerprint density at radius 1 is 1.11 bits per heavy atom. The minimum absolute atomic E-state index is 0.510. The van der Waals surface area contributed by atoms with Crippen LogP contribution in [0.2, 0.25) is 0 Å². The van der Waals surface area contributed by atoms with E-state index >= 15 is 0 Å². The number of hydrogen-bond donors (Lipinski definition) is 0. The van der Waals surface area contributed by atoms with E-state index in [0.717, 1.165) is 5.75 Å². The summed E-state index contributed by atoms with van der Waals surface area (Å²) >= 11 is 5.61. The van der Waals surface area contributed by atoms with Crippen LogP contribution < -0.4 is 9.47 Å². The molecule has 0 saturated carbocycles. The molecule has 0 fully saturated rings. The molecule has 2 aromatic rings. The van der Waals surface area contributed by atoms with Gasteiger partial charge in [0.05, 0.1) is 19.5 Å². The van der Waals surface area contributed by atoms with Crippen LogP contribution in [0.1, 0.15) is 5.82 Å². The number of benzene rings is 1. The second kappa shape index (κ2) is 6.21. The van der Waals surface area contributed by atoms with Crippen molar-refractivity contribution < 1.29 is 9.47 Å². The highest BCUT2D eigenvalue weighted by Gasteiger charge is 2.01. The van der Waals surface area contributed by atoms with Gasteiger partial charge in [-0.2, -0.15) is 0 Å². The van der Waals surface area contributed by atoms with Gasteiger partial charge in [0.15, 0.2) is 5.75 Å². The zero-order chi connectivity index (χ0) is 12.8. The summed E-state index contributed by atoms with van der Waals surface area (Å²) in [5.41, 5.74) is 0. The van der Waals surface area contributed by atoms with Crippen LogP contribution in [-0.4, -0.2) is 23.0 Å². The van der Waals surface area contributed by atoms with Crippen molar-refractivity contribution >= 4 is 11.6 Å². The molecule has 0 amide bonds. The molecule has 5 heteroatoms. The third-order valence-corrected chi connectivity index (χ3v) is 2.47. The van der Waals surface area contributed by atoms with Crippen molar-refractivity contribution in [1.29, 1.82) is 0 Å². The van der Waals surface area contributed by atoms with E-state index in [0.29, 0.717) is 29.6 Å². The summed E-state index contributed by atoms with van der Waals surface area (Å²) in [6.07, 6.45) is 3.92. The van der Waals surface area contributed by atoms with Crippen molar-refractivity contribution in [3.63, 3.8) is 0 Å². The minimum atomic E-state index is 0.510. The van der Waals surface area contributed by atoms with Crippen LogP contribution >= 0.6 is 11.6 Å². The van der Waals surface area contributed by atoms with Gasteiger partial charge in [0, 0.05) is 18.4 Å². The van der Waals surface area contributed by atoms with Gasteiger partial charge in [-0.15, -0.1) is 11.6 Å². The van der Waals surface area contributed by atoms with Gasteiger partial charge in [0.25, 0.3) is 0 Å². The Morgan fingerprint density at radius 3 is 2.50 bits per heavy atom. The minimum Gasteiger partial charge on any atom is -0.497 e. The third kappa shape index (κ3) is 3.34. The SMILES string of the molecule is COc1cccc(Oc2cnc(CCCl)nc2)c1. The maximum atomic E-state index is 5.62. The average Bonchev–Trinajstić information content (AvgIpc) is 2.42. The monoisotopic (exact) mass is 264 g/mol. The largest absolute Gasteiger partial charge is 0.497 e. The quantitative estimate of drug-likeness (QED) is 0.779. The molecule has 0 spiro atoms. The van der Waals surface area contributed by atoms with Gasteiger partial charge in [0.1, 0.15) is 17.3 Å². The molecule has 0 aliphatic carbocycles. The molecular formula is C13H13ClN2O2. The average molecular weight is 265 g/mol. The Kier molecular flexibility index (Phi) is 4.36. The zero-order valence-electron chi connectivity index (χ0n) is 9.97. The van der Waals surface area contributed by atoms with Crippen LogP contribution in [0.4, 0.5) is 0 Å². The summed E-state index contributed by atoms with van der Waals surface area (Å²) in [7, 11) is 1.61. The van der Waals surface area contributed by atoms with E-state index in [1.54, 1.807) is 25.6 Å². The summed E-state index contributed by atoms with van der Waals surface area (Å²) in [5.74, 6) is 3.23. The number of rotatable bonds is 5. The smallest absolute Gasteiger partial charge is 0.164 e. The first-order valence-electron chi connectivity index (χ1n) is 5.50. The third-order valence-electron chi connectivity index (χ3n) is 2.28. The topological polar surface area (TPSA) is 44.2 Å². The van der Waals surface area contributed by atoms with Gasteiger partial charge in [-0.05, 0) is 12.1 Å². The fourth-order valence-electron chi connectivity index (χ4n) is 1.41. The van der Waals surface area contributed by atoms with Gasteiger partial charge in [-0.1, -0.05) is 6.07 Å². The Hall–Kier alpha value is -1.81. The number of methoxy groups -OCH3 is 1. The van der Waals surface area contributed by atoms with Crippen molar-refractivity contribution in [2.45, 2.75) is 6.42 Å². The highest BCUT2D eigenvalue weighted by molar-refractivity contribution is 6.17. The van der Waals surface area contributed by atoms with Crippen LogP contribution in [0.5, 0.6) is 17.2 Å². The van der Waals surface area contributed by atoms with Crippen LogP contribution in [0.3, 0.4) is 0 Å². The van der Waals surface area contributed by atoms with E-state index in [2.05, 4.69) is 9.97 Å². The van der Waals surface area contributed by atoms with Crippen molar-refractivity contribution in [3.8, 4) is 17.2 Å². The fourth-order valence-corrected chi connectivity index (χ4v) is 1.58. The van der Waals surface area contributed by atoms with E-state index in [-0.39, 0.29) is 0 Å². The van der Waals surface area contributed by atoms with Gasteiger partial charge >= 0.3 is 0 Å². The number of ether oxygens (including phenoxy) is 2. The molecule has 94 valence electrons. The summed E-state index contributed by atoms with van der Waals surface area (Å²) in [5, 5.41) is 0. The number of aromatic nitrogens is 2. The highest BCUT2D eigenvalue weighted by Crippen LogP contribution is 2.24. The van der Waals surface area contributed by atoms with Crippen molar-refractivity contribution in [2.75, 3.05) is 13.0 Å². The molecule has 0 atom stereocenters.